The standard InChI is InChI=1S/C10H20O4/c1-8(9(11)12)7-13-5-6-14-10(2,3)4/h8H,5-7H2,1-4H3,(H,11,12). The third-order valence-electron chi connectivity index (χ3n) is 1.55. The van der Waals surface area contributed by atoms with Gasteiger partial charge in [-0.15, -0.1) is 0 Å². The quantitative estimate of drug-likeness (QED) is 0.667. The van der Waals surface area contributed by atoms with Gasteiger partial charge in [0, 0.05) is 0 Å². The van der Waals surface area contributed by atoms with E-state index in [-0.39, 0.29) is 12.2 Å². The van der Waals surface area contributed by atoms with E-state index in [9.17, 15) is 4.79 Å². The predicted molar refractivity (Wildman–Crippen MR) is 53.3 cm³/mol. The van der Waals surface area contributed by atoms with Gasteiger partial charge in [0.15, 0.2) is 0 Å². The highest BCUT2D eigenvalue weighted by atomic mass is 16.5. The largest absolute Gasteiger partial charge is 0.481 e. The average Bonchev–Trinajstić information content (AvgIpc) is 2.01. The van der Waals surface area contributed by atoms with Gasteiger partial charge in [0.1, 0.15) is 0 Å². The second-order valence-corrected chi connectivity index (χ2v) is 4.28. The number of ether oxygens (including phenoxy) is 2. The van der Waals surface area contributed by atoms with Crippen LogP contribution in [0.15, 0.2) is 0 Å². The fourth-order valence-corrected chi connectivity index (χ4v) is 0.738. The summed E-state index contributed by atoms with van der Waals surface area (Å²) >= 11 is 0. The maximum absolute atomic E-state index is 10.4. The van der Waals surface area contributed by atoms with Crippen LogP contribution >= 0.6 is 0 Å². The van der Waals surface area contributed by atoms with Gasteiger partial charge in [0.05, 0.1) is 31.3 Å². The molecular formula is C10H20O4. The molecule has 0 bridgehead atoms. The molecule has 1 atom stereocenters. The maximum atomic E-state index is 10.4. The van der Waals surface area contributed by atoms with Crippen LogP contribution in [0.1, 0.15) is 27.7 Å². The fraction of sp³-hybridized carbons (Fsp3) is 0.900. The lowest BCUT2D eigenvalue weighted by Crippen LogP contribution is -2.23. The lowest BCUT2D eigenvalue weighted by atomic mass is 10.2. The molecule has 4 heteroatoms. The monoisotopic (exact) mass is 204 g/mol. The highest BCUT2D eigenvalue weighted by Crippen LogP contribution is 2.05. The smallest absolute Gasteiger partial charge is 0.308 e. The molecular weight excluding hydrogens is 184 g/mol. The number of carbonyl (C=O) groups is 1. The van der Waals surface area contributed by atoms with Gasteiger partial charge in [0.2, 0.25) is 0 Å². The summed E-state index contributed by atoms with van der Waals surface area (Å²) in [7, 11) is 0. The van der Waals surface area contributed by atoms with Crippen LogP contribution in [0, 0.1) is 5.92 Å². The molecule has 0 amide bonds. The van der Waals surface area contributed by atoms with Crippen molar-refractivity contribution < 1.29 is 19.4 Å². The van der Waals surface area contributed by atoms with Gasteiger partial charge in [-0.25, -0.2) is 0 Å². The molecule has 0 fully saturated rings. The van der Waals surface area contributed by atoms with Gasteiger partial charge in [0.25, 0.3) is 0 Å². The molecule has 0 radical (unpaired) electrons. The number of carboxylic acids is 1. The van der Waals surface area contributed by atoms with Gasteiger partial charge in [-0.1, -0.05) is 0 Å². The van der Waals surface area contributed by atoms with E-state index in [1.54, 1.807) is 6.92 Å². The molecule has 0 heterocycles. The molecule has 0 aliphatic carbocycles. The van der Waals surface area contributed by atoms with Crippen LogP contribution in [0.5, 0.6) is 0 Å². The minimum absolute atomic E-state index is 0.165. The van der Waals surface area contributed by atoms with Crippen molar-refractivity contribution >= 4 is 5.97 Å². The van der Waals surface area contributed by atoms with Crippen LogP contribution in [0.25, 0.3) is 0 Å². The summed E-state index contributed by atoms with van der Waals surface area (Å²) in [6.07, 6.45) is 0. The molecule has 0 aromatic heterocycles. The normalized spacial score (nSPS) is 14.0. The first-order valence-electron chi connectivity index (χ1n) is 4.77. The minimum atomic E-state index is -0.832. The number of hydrogen-bond donors (Lipinski definition) is 1. The third kappa shape index (κ3) is 8.01. The first kappa shape index (κ1) is 13.4. The van der Waals surface area contributed by atoms with Gasteiger partial charge in [-0.2, -0.15) is 0 Å². The topological polar surface area (TPSA) is 55.8 Å². The number of hydrogen-bond acceptors (Lipinski definition) is 3. The molecule has 1 N–H and O–H groups in total. The van der Waals surface area contributed by atoms with Crippen LogP contribution in [-0.4, -0.2) is 36.5 Å². The summed E-state index contributed by atoms with van der Waals surface area (Å²) in [5, 5.41) is 8.56. The second-order valence-electron chi connectivity index (χ2n) is 4.28. The van der Waals surface area contributed by atoms with Crippen molar-refractivity contribution in [3.05, 3.63) is 0 Å². The van der Waals surface area contributed by atoms with Crippen LogP contribution in [0.2, 0.25) is 0 Å². The molecule has 0 aromatic rings. The number of rotatable bonds is 6. The van der Waals surface area contributed by atoms with E-state index in [2.05, 4.69) is 0 Å². The second kappa shape index (κ2) is 5.98. The van der Waals surface area contributed by atoms with E-state index < -0.39 is 11.9 Å². The van der Waals surface area contributed by atoms with E-state index in [0.717, 1.165) is 0 Å². The molecule has 1 unspecified atom stereocenters. The number of aliphatic carboxylic acids is 1. The zero-order valence-electron chi connectivity index (χ0n) is 9.37. The molecule has 0 spiro atoms. The van der Waals surface area contributed by atoms with Crippen LogP contribution < -0.4 is 0 Å². The Labute approximate surface area is 85.2 Å². The zero-order chi connectivity index (χ0) is 11.2. The average molecular weight is 204 g/mol. The fourth-order valence-electron chi connectivity index (χ4n) is 0.738. The summed E-state index contributed by atoms with van der Waals surface area (Å²) in [5.74, 6) is -1.29. The Kier molecular flexibility index (Phi) is 5.72. The van der Waals surface area contributed by atoms with Crippen LogP contribution in [0.3, 0.4) is 0 Å². The van der Waals surface area contributed by atoms with Crippen molar-refractivity contribution in [3.63, 3.8) is 0 Å². The van der Waals surface area contributed by atoms with E-state index in [1.807, 2.05) is 20.8 Å². The summed E-state index contributed by atoms with van der Waals surface area (Å²) in [5.41, 5.74) is -0.165. The number of carboxylic acid groups (broad SMARTS) is 1. The third-order valence-corrected chi connectivity index (χ3v) is 1.55. The first-order valence-corrected chi connectivity index (χ1v) is 4.77. The van der Waals surface area contributed by atoms with Gasteiger partial charge in [-0.3, -0.25) is 4.79 Å². The van der Waals surface area contributed by atoms with E-state index in [4.69, 9.17) is 14.6 Å². The Bertz CT molecular complexity index is 171. The SMILES string of the molecule is CC(COCCOC(C)(C)C)C(=O)O. The minimum Gasteiger partial charge on any atom is -0.481 e. The summed E-state index contributed by atoms with van der Waals surface area (Å²) < 4.78 is 10.5. The lowest BCUT2D eigenvalue weighted by Gasteiger charge is -2.19. The molecule has 0 aliphatic rings. The Balaban J connectivity index is 3.35. The van der Waals surface area contributed by atoms with Crippen molar-refractivity contribution in [2.45, 2.75) is 33.3 Å². The van der Waals surface area contributed by atoms with Crippen molar-refractivity contribution in [2.24, 2.45) is 5.92 Å². The zero-order valence-corrected chi connectivity index (χ0v) is 9.37. The molecule has 4 nitrogen and oxygen atoms in total. The van der Waals surface area contributed by atoms with E-state index in [1.165, 1.54) is 0 Å². The molecule has 0 rings (SSSR count). The first-order chi connectivity index (χ1) is 6.33. The summed E-state index contributed by atoms with van der Waals surface area (Å²) in [4.78, 5) is 10.4. The Morgan fingerprint density at radius 1 is 1.36 bits per heavy atom. The van der Waals surface area contributed by atoms with Crippen molar-refractivity contribution in [1.82, 2.24) is 0 Å². The Morgan fingerprint density at radius 3 is 2.36 bits per heavy atom. The molecule has 0 saturated carbocycles. The highest BCUT2D eigenvalue weighted by Gasteiger charge is 2.11. The predicted octanol–water partition coefficient (Wildman–Crippen LogP) is 1.54. The van der Waals surface area contributed by atoms with E-state index in [0.29, 0.717) is 13.2 Å². The van der Waals surface area contributed by atoms with E-state index >= 15 is 0 Å². The Hall–Kier alpha value is -0.610. The summed E-state index contributed by atoms with van der Waals surface area (Å²) in [6, 6.07) is 0. The molecule has 0 saturated heterocycles. The van der Waals surface area contributed by atoms with Gasteiger partial charge < -0.3 is 14.6 Å². The van der Waals surface area contributed by atoms with Crippen molar-refractivity contribution in [3.8, 4) is 0 Å². The molecule has 0 aromatic carbocycles. The molecule has 84 valence electrons. The molecule has 14 heavy (non-hydrogen) atoms. The lowest BCUT2D eigenvalue weighted by molar-refractivity contribution is -0.143. The highest BCUT2D eigenvalue weighted by molar-refractivity contribution is 5.69. The van der Waals surface area contributed by atoms with Crippen LogP contribution in [0.4, 0.5) is 0 Å². The molecule has 0 aliphatic heterocycles. The van der Waals surface area contributed by atoms with Crippen molar-refractivity contribution in [1.29, 1.82) is 0 Å². The van der Waals surface area contributed by atoms with Crippen LogP contribution in [-0.2, 0) is 14.3 Å². The van der Waals surface area contributed by atoms with Gasteiger partial charge in [-0.05, 0) is 27.7 Å². The Morgan fingerprint density at radius 2 is 1.93 bits per heavy atom. The summed E-state index contributed by atoms with van der Waals surface area (Å²) in [6.45, 7) is 8.69. The van der Waals surface area contributed by atoms with Gasteiger partial charge >= 0.3 is 5.97 Å². The maximum Gasteiger partial charge on any atom is 0.308 e. The van der Waals surface area contributed by atoms with Crippen molar-refractivity contribution in [2.75, 3.05) is 19.8 Å².